The van der Waals surface area contributed by atoms with E-state index in [0.29, 0.717) is 6.04 Å². The minimum absolute atomic E-state index is 0.120. The third-order valence-electron chi connectivity index (χ3n) is 3.76. The number of fused-ring (bicyclic) bond motifs is 1. The smallest absolute Gasteiger partial charge is 0.233 e. The van der Waals surface area contributed by atoms with Crippen LogP contribution >= 0.6 is 11.8 Å². The summed E-state index contributed by atoms with van der Waals surface area (Å²) in [5.41, 5.74) is 1.05. The molecule has 1 atom stereocenters. The molecule has 0 spiro atoms. The normalized spacial score (nSPS) is 17.4. The molecule has 2 aromatic rings. The van der Waals surface area contributed by atoms with Crippen LogP contribution in [0.1, 0.15) is 32.6 Å². The van der Waals surface area contributed by atoms with E-state index in [1.165, 1.54) is 24.6 Å². The fourth-order valence-electron chi connectivity index (χ4n) is 2.61. The minimum atomic E-state index is -0.124. The Balaban J connectivity index is 1.65. The Hall–Kier alpha value is -1.49. The summed E-state index contributed by atoms with van der Waals surface area (Å²) in [6.07, 6.45) is 8.52. The minimum Gasteiger partial charge on any atom is -0.352 e. The highest BCUT2D eigenvalue weighted by atomic mass is 32.2. The molecule has 1 saturated carbocycles. The summed E-state index contributed by atoms with van der Waals surface area (Å²) in [6.45, 7) is 1.94. The van der Waals surface area contributed by atoms with Gasteiger partial charge in [-0.15, -0.1) is 0 Å². The van der Waals surface area contributed by atoms with Gasteiger partial charge in [-0.3, -0.25) is 9.20 Å². The second kappa shape index (κ2) is 5.87. The topological polar surface area (TPSA) is 46.4 Å². The Morgan fingerprint density at radius 1 is 1.45 bits per heavy atom. The van der Waals surface area contributed by atoms with Gasteiger partial charge in [-0.1, -0.05) is 30.7 Å². The van der Waals surface area contributed by atoms with E-state index in [-0.39, 0.29) is 11.2 Å². The number of hydrogen-bond donors (Lipinski definition) is 1. The highest BCUT2D eigenvalue weighted by molar-refractivity contribution is 8.00. The number of carbonyl (C=O) groups is 1. The van der Waals surface area contributed by atoms with Crippen LogP contribution in [0.25, 0.3) is 5.52 Å². The van der Waals surface area contributed by atoms with Crippen molar-refractivity contribution in [3.8, 4) is 0 Å². The standard InChI is InChI=1S/C15H19N3OS/c1-11(14(19)17-12-6-2-3-7-12)20-15-16-10-13-8-4-5-9-18(13)15/h4-5,8-12H,2-3,6-7H2,1H3,(H,17,19). The third-order valence-corrected chi connectivity index (χ3v) is 4.84. The molecule has 0 aromatic carbocycles. The van der Waals surface area contributed by atoms with E-state index in [4.69, 9.17) is 0 Å². The van der Waals surface area contributed by atoms with Gasteiger partial charge in [0.2, 0.25) is 5.91 Å². The zero-order valence-corrected chi connectivity index (χ0v) is 12.4. The Morgan fingerprint density at radius 3 is 3.05 bits per heavy atom. The lowest BCUT2D eigenvalue weighted by molar-refractivity contribution is -0.120. The fourth-order valence-corrected chi connectivity index (χ4v) is 3.49. The SMILES string of the molecule is CC(Sc1ncc2ccccn12)C(=O)NC1CCCC1. The number of thioether (sulfide) groups is 1. The maximum absolute atomic E-state index is 12.2. The number of imidazole rings is 1. The molecule has 4 nitrogen and oxygen atoms in total. The first-order valence-corrected chi connectivity index (χ1v) is 8.01. The Morgan fingerprint density at radius 2 is 2.25 bits per heavy atom. The van der Waals surface area contributed by atoms with E-state index in [9.17, 15) is 4.79 Å². The zero-order chi connectivity index (χ0) is 13.9. The predicted octanol–water partition coefficient (Wildman–Crippen LogP) is 2.87. The number of hydrogen-bond acceptors (Lipinski definition) is 3. The first-order chi connectivity index (χ1) is 9.74. The Kier molecular flexibility index (Phi) is 3.96. The van der Waals surface area contributed by atoms with Crippen LogP contribution in [0.2, 0.25) is 0 Å². The van der Waals surface area contributed by atoms with Crippen molar-refractivity contribution in [3.05, 3.63) is 30.6 Å². The number of amides is 1. The summed E-state index contributed by atoms with van der Waals surface area (Å²) < 4.78 is 2.02. The van der Waals surface area contributed by atoms with Gasteiger partial charge in [-0.2, -0.15) is 0 Å². The molecule has 20 heavy (non-hydrogen) atoms. The van der Waals surface area contributed by atoms with Gasteiger partial charge in [0.25, 0.3) is 0 Å². The molecular weight excluding hydrogens is 270 g/mol. The van der Waals surface area contributed by atoms with Crippen LogP contribution in [0.3, 0.4) is 0 Å². The third kappa shape index (κ3) is 2.82. The summed E-state index contributed by atoms with van der Waals surface area (Å²) in [6, 6.07) is 6.35. The number of carbonyl (C=O) groups excluding carboxylic acids is 1. The molecule has 0 saturated heterocycles. The molecule has 1 fully saturated rings. The number of aromatic nitrogens is 2. The average Bonchev–Trinajstić information content (AvgIpc) is 3.09. The second-order valence-electron chi connectivity index (χ2n) is 5.29. The van der Waals surface area contributed by atoms with Crippen molar-refractivity contribution in [1.82, 2.24) is 14.7 Å². The summed E-state index contributed by atoms with van der Waals surface area (Å²) in [5, 5.41) is 3.89. The number of pyridine rings is 1. The van der Waals surface area contributed by atoms with Crippen LogP contribution in [0.5, 0.6) is 0 Å². The molecular formula is C15H19N3OS. The van der Waals surface area contributed by atoms with Crippen LogP contribution in [0, 0.1) is 0 Å². The number of rotatable bonds is 4. The second-order valence-corrected chi connectivity index (χ2v) is 6.59. The maximum atomic E-state index is 12.2. The van der Waals surface area contributed by atoms with E-state index in [1.807, 2.05) is 41.9 Å². The highest BCUT2D eigenvalue weighted by Crippen LogP contribution is 2.24. The molecule has 2 aromatic heterocycles. The number of nitrogens with one attached hydrogen (secondary N) is 1. The molecule has 1 aliphatic rings. The number of nitrogens with zero attached hydrogens (tertiary/aromatic N) is 2. The summed E-state index contributed by atoms with van der Waals surface area (Å²) >= 11 is 1.51. The Labute approximate surface area is 123 Å². The molecule has 0 aliphatic heterocycles. The first kappa shape index (κ1) is 13.5. The van der Waals surface area contributed by atoms with Crippen LogP contribution in [-0.2, 0) is 4.79 Å². The van der Waals surface area contributed by atoms with Crippen molar-refractivity contribution in [3.63, 3.8) is 0 Å². The van der Waals surface area contributed by atoms with Crippen LogP contribution < -0.4 is 5.32 Å². The maximum Gasteiger partial charge on any atom is 0.233 e. The van der Waals surface area contributed by atoms with Crippen molar-refractivity contribution in [1.29, 1.82) is 0 Å². The van der Waals surface area contributed by atoms with Crippen molar-refractivity contribution in [2.75, 3.05) is 0 Å². The van der Waals surface area contributed by atoms with E-state index < -0.39 is 0 Å². The van der Waals surface area contributed by atoms with Gasteiger partial charge in [-0.25, -0.2) is 4.98 Å². The Bertz CT molecular complexity index is 604. The molecule has 1 aliphatic carbocycles. The molecule has 0 radical (unpaired) electrons. The van der Waals surface area contributed by atoms with Gasteiger partial charge >= 0.3 is 0 Å². The molecule has 1 amide bonds. The highest BCUT2D eigenvalue weighted by Gasteiger charge is 2.22. The van der Waals surface area contributed by atoms with E-state index in [2.05, 4.69) is 10.3 Å². The quantitative estimate of drug-likeness (QED) is 0.880. The van der Waals surface area contributed by atoms with Crippen LogP contribution in [0.4, 0.5) is 0 Å². The lowest BCUT2D eigenvalue weighted by atomic mass is 10.2. The summed E-state index contributed by atoms with van der Waals surface area (Å²) in [4.78, 5) is 16.6. The lowest BCUT2D eigenvalue weighted by Gasteiger charge is -2.15. The van der Waals surface area contributed by atoms with E-state index >= 15 is 0 Å². The molecule has 5 heteroatoms. The van der Waals surface area contributed by atoms with E-state index in [1.54, 1.807) is 0 Å². The summed E-state index contributed by atoms with van der Waals surface area (Å²) in [5.74, 6) is 0.120. The van der Waals surface area contributed by atoms with Gasteiger partial charge in [-0.05, 0) is 31.9 Å². The van der Waals surface area contributed by atoms with Crippen molar-refractivity contribution < 1.29 is 4.79 Å². The summed E-state index contributed by atoms with van der Waals surface area (Å²) in [7, 11) is 0. The van der Waals surface area contributed by atoms with E-state index in [0.717, 1.165) is 23.5 Å². The van der Waals surface area contributed by atoms with Crippen molar-refractivity contribution >= 4 is 23.2 Å². The average molecular weight is 289 g/mol. The molecule has 1 unspecified atom stereocenters. The molecule has 2 heterocycles. The van der Waals surface area contributed by atoms with Gasteiger partial charge in [0.05, 0.1) is 17.0 Å². The largest absolute Gasteiger partial charge is 0.352 e. The first-order valence-electron chi connectivity index (χ1n) is 7.13. The van der Waals surface area contributed by atoms with Crippen molar-refractivity contribution in [2.24, 2.45) is 0 Å². The fraction of sp³-hybridized carbons (Fsp3) is 0.467. The van der Waals surface area contributed by atoms with Gasteiger partial charge in [0.15, 0.2) is 5.16 Å². The monoisotopic (exact) mass is 289 g/mol. The zero-order valence-electron chi connectivity index (χ0n) is 11.6. The predicted molar refractivity (Wildman–Crippen MR) is 80.9 cm³/mol. The molecule has 106 valence electrons. The molecule has 0 bridgehead atoms. The van der Waals surface area contributed by atoms with Gasteiger partial charge in [0.1, 0.15) is 0 Å². The van der Waals surface area contributed by atoms with Gasteiger partial charge < -0.3 is 5.32 Å². The van der Waals surface area contributed by atoms with Crippen LogP contribution in [-0.4, -0.2) is 26.6 Å². The van der Waals surface area contributed by atoms with Crippen molar-refractivity contribution in [2.45, 2.75) is 49.1 Å². The van der Waals surface area contributed by atoms with Gasteiger partial charge in [0, 0.05) is 12.2 Å². The van der Waals surface area contributed by atoms with Crippen LogP contribution in [0.15, 0.2) is 35.7 Å². The molecule has 1 N–H and O–H groups in total. The lowest BCUT2D eigenvalue weighted by Crippen LogP contribution is -2.37. The molecule has 3 rings (SSSR count).